The van der Waals surface area contributed by atoms with Gasteiger partial charge in [-0.05, 0) is 36.5 Å². The van der Waals surface area contributed by atoms with Gasteiger partial charge in [0.15, 0.2) is 0 Å². The van der Waals surface area contributed by atoms with E-state index in [0.717, 1.165) is 32.1 Å². The maximum absolute atomic E-state index is 12.7. The number of unbranched alkanes of at least 4 members (excludes halogenated alkanes) is 2. The monoisotopic (exact) mass is 322 g/mol. The van der Waals surface area contributed by atoms with Crippen LogP contribution in [0.4, 0.5) is 0 Å². The summed E-state index contributed by atoms with van der Waals surface area (Å²) in [5, 5.41) is 9.61. The summed E-state index contributed by atoms with van der Waals surface area (Å²) < 4.78 is 5.72. The van der Waals surface area contributed by atoms with Crippen molar-refractivity contribution in [2.75, 3.05) is 0 Å². The third kappa shape index (κ3) is 3.31. The Balaban J connectivity index is 2.08. The largest absolute Gasteiger partial charge is 0.481 e. The molecule has 0 aromatic heterocycles. The number of hydrogen-bond donors (Lipinski definition) is 1. The normalized spacial score (nSPS) is 32.0. The molecule has 0 aliphatic heterocycles. The lowest BCUT2D eigenvalue weighted by atomic mass is 9.79. The van der Waals surface area contributed by atoms with Crippen molar-refractivity contribution in [3.8, 4) is 0 Å². The second-order valence-electron chi connectivity index (χ2n) is 7.61. The second kappa shape index (κ2) is 7.06. The first-order valence-electron chi connectivity index (χ1n) is 8.96. The van der Waals surface area contributed by atoms with E-state index in [1.165, 1.54) is 0 Å². The lowest BCUT2D eigenvalue weighted by molar-refractivity contribution is -0.162. The molecule has 5 unspecified atom stereocenters. The number of carbonyl (C=O) groups excluding carboxylic acids is 1. The molecule has 2 rings (SSSR count). The fourth-order valence-corrected chi connectivity index (χ4v) is 4.38. The maximum Gasteiger partial charge on any atom is 0.310 e. The molecule has 4 heteroatoms. The van der Waals surface area contributed by atoms with Gasteiger partial charge in [0.1, 0.15) is 6.10 Å². The molecule has 130 valence electrons. The summed E-state index contributed by atoms with van der Waals surface area (Å²) in [7, 11) is 0. The molecule has 0 radical (unpaired) electrons. The van der Waals surface area contributed by atoms with Crippen molar-refractivity contribution in [3.05, 3.63) is 12.2 Å². The van der Waals surface area contributed by atoms with Crippen molar-refractivity contribution < 1.29 is 19.4 Å². The molecule has 1 N–H and O–H groups in total. The number of fused-ring (bicyclic) bond motifs is 2. The number of carboxylic acid groups (broad SMARTS) is 1. The van der Waals surface area contributed by atoms with Gasteiger partial charge in [-0.25, -0.2) is 0 Å². The first-order valence-corrected chi connectivity index (χ1v) is 8.96. The highest BCUT2D eigenvalue weighted by molar-refractivity contribution is 5.84. The molecule has 1 fully saturated rings. The summed E-state index contributed by atoms with van der Waals surface area (Å²) in [5.41, 5.74) is -0.184. The summed E-state index contributed by atoms with van der Waals surface area (Å²) in [5.74, 6) is -2.50. The number of esters is 1. The van der Waals surface area contributed by atoms with Crippen LogP contribution in [0.3, 0.4) is 0 Å². The summed E-state index contributed by atoms with van der Waals surface area (Å²) in [4.78, 5) is 24.4. The molecule has 4 nitrogen and oxygen atoms in total. The number of allylic oxidation sites excluding steroid dienone is 2. The van der Waals surface area contributed by atoms with Gasteiger partial charge in [0, 0.05) is 0 Å². The molecular weight excluding hydrogens is 292 g/mol. The van der Waals surface area contributed by atoms with Crippen LogP contribution in [0.15, 0.2) is 12.2 Å². The Bertz CT molecular complexity index is 480. The molecule has 0 amide bonds. The Labute approximate surface area is 139 Å². The van der Waals surface area contributed by atoms with Crippen molar-refractivity contribution in [2.24, 2.45) is 29.1 Å². The third-order valence-electron chi connectivity index (χ3n) is 5.83. The van der Waals surface area contributed by atoms with Gasteiger partial charge in [0.05, 0.1) is 11.8 Å². The molecule has 2 aliphatic carbocycles. The molecule has 0 aromatic carbocycles. The molecule has 2 aliphatic rings. The Hall–Kier alpha value is -1.32. The van der Waals surface area contributed by atoms with Crippen molar-refractivity contribution >= 4 is 11.9 Å². The van der Waals surface area contributed by atoms with Crippen LogP contribution in [-0.4, -0.2) is 23.1 Å². The third-order valence-corrected chi connectivity index (χ3v) is 5.83. The predicted octanol–water partition coefficient (Wildman–Crippen LogP) is 4.05. The summed E-state index contributed by atoms with van der Waals surface area (Å²) >= 11 is 0. The van der Waals surface area contributed by atoms with E-state index in [4.69, 9.17) is 4.74 Å². The van der Waals surface area contributed by atoms with Gasteiger partial charge in [-0.15, -0.1) is 0 Å². The molecule has 5 atom stereocenters. The van der Waals surface area contributed by atoms with Gasteiger partial charge < -0.3 is 9.84 Å². The number of carboxylic acids is 1. The number of carbonyl (C=O) groups is 2. The lowest BCUT2D eigenvalue weighted by Gasteiger charge is -2.26. The van der Waals surface area contributed by atoms with E-state index < -0.39 is 17.8 Å². The van der Waals surface area contributed by atoms with E-state index in [0.29, 0.717) is 0 Å². The number of aliphatic carboxylic acids is 1. The van der Waals surface area contributed by atoms with E-state index in [1.807, 2.05) is 19.1 Å². The molecule has 0 saturated heterocycles. The first kappa shape index (κ1) is 18.0. The van der Waals surface area contributed by atoms with Gasteiger partial charge in [0.2, 0.25) is 0 Å². The summed E-state index contributed by atoms with van der Waals surface area (Å²) in [6.07, 6.45) is 8.88. The zero-order valence-corrected chi connectivity index (χ0v) is 14.7. The van der Waals surface area contributed by atoms with Gasteiger partial charge in [0.25, 0.3) is 0 Å². The van der Waals surface area contributed by atoms with E-state index in [9.17, 15) is 14.7 Å². The van der Waals surface area contributed by atoms with Crippen LogP contribution in [-0.2, 0) is 14.3 Å². The van der Waals surface area contributed by atoms with Gasteiger partial charge >= 0.3 is 11.9 Å². The van der Waals surface area contributed by atoms with Crippen molar-refractivity contribution in [2.45, 2.75) is 65.9 Å². The van der Waals surface area contributed by atoms with Gasteiger partial charge in [-0.3, -0.25) is 9.59 Å². The van der Waals surface area contributed by atoms with Crippen molar-refractivity contribution in [1.82, 2.24) is 0 Å². The van der Waals surface area contributed by atoms with Crippen LogP contribution in [0.5, 0.6) is 0 Å². The minimum atomic E-state index is -0.879. The minimum absolute atomic E-state index is 0.0331. The van der Waals surface area contributed by atoms with Crippen molar-refractivity contribution in [1.29, 1.82) is 0 Å². The van der Waals surface area contributed by atoms with Crippen LogP contribution in [0.2, 0.25) is 0 Å². The van der Waals surface area contributed by atoms with Gasteiger partial charge in [-0.1, -0.05) is 52.7 Å². The van der Waals surface area contributed by atoms with Gasteiger partial charge in [-0.2, -0.15) is 0 Å². The molecular formula is C19H30O4. The molecule has 0 heterocycles. The average molecular weight is 322 g/mol. The maximum atomic E-state index is 12.7. The van der Waals surface area contributed by atoms with E-state index in [-0.39, 0.29) is 29.3 Å². The molecule has 23 heavy (non-hydrogen) atoms. The lowest BCUT2D eigenvalue weighted by Crippen LogP contribution is -2.36. The predicted molar refractivity (Wildman–Crippen MR) is 88.8 cm³/mol. The Morgan fingerprint density at radius 1 is 1.13 bits per heavy atom. The fourth-order valence-electron chi connectivity index (χ4n) is 4.38. The van der Waals surface area contributed by atoms with Crippen LogP contribution in [0.25, 0.3) is 0 Å². The number of hydrogen-bond acceptors (Lipinski definition) is 3. The highest BCUT2D eigenvalue weighted by atomic mass is 16.5. The number of ether oxygens (including phenoxy) is 1. The molecule has 0 spiro atoms. The quantitative estimate of drug-likeness (QED) is 0.416. The fraction of sp³-hybridized carbons (Fsp3) is 0.789. The average Bonchev–Trinajstić information content (AvgIpc) is 2.92. The molecule has 2 bridgehead atoms. The Morgan fingerprint density at radius 2 is 1.74 bits per heavy atom. The Kier molecular flexibility index (Phi) is 5.53. The topological polar surface area (TPSA) is 63.6 Å². The van der Waals surface area contributed by atoms with Crippen LogP contribution in [0, 0.1) is 29.1 Å². The second-order valence-corrected chi connectivity index (χ2v) is 7.61. The van der Waals surface area contributed by atoms with Crippen molar-refractivity contribution in [3.63, 3.8) is 0 Å². The highest BCUT2D eigenvalue weighted by Crippen LogP contribution is 2.59. The highest BCUT2D eigenvalue weighted by Gasteiger charge is 2.62. The van der Waals surface area contributed by atoms with Crippen LogP contribution in [0.1, 0.15) is 59.8 Å². The smallest absolute Gasteiger partial charge is 0.310 e. The minimum Gasteiger partial charge on any atom is -0.481 e. The summed E-state index contributed by atoms with van der Waals surface area (Å²) in [6.45, 7) is 8.28. The SMILES string of the molecule is CCCCCC(CC)OC(=O)C1C(C(=O)O)C2C=CC1C2(C)C. The number of rotatable bonds is 8. The standard InChI is InChI=1S/C19H30O4/c1-5-7-8-9-12(6-2)23-18(22)16-14-11-10-13(19(14,3)4)15(16)17(20)21/h10-16H,5-9H2,1-4H3,(H,20,21). The van der Waals surface area contributed by atoms with E-state index in [1.54, 1.807) is 0 Å². The first-order chi connectivity index (χ1) is 10.8. The van der Waals surface area contributed by atoms with Crippen LogP contribution >= 0.6 is 0 Å². The van der Waals surface area contributed by atoms with E-state index >= 15 is 0 Å². The van der Waals surface area contributed by atoms with E-state index in [2.05, 4.69) is 20.8 Å². The zero-order chi connectivity index (χ0) is 17.2. The zero-order valence-electron chi connectivity index (χ0n) is 14.7. The van der Waals surface area contributed by atoms with Crippen LogP contribution < -0.4 is 0 Å². The molecule has 0 aromatic rings. The Morgan fingerprint density at radius 3 is 2.26 bits per heavy atom. The molecule has 1 saturated carbocycles. The summed E-state index contributed by atoms with van der Waals surface area (Å²) in [6, 6.07) is 0.